The molecular formula is C9H10ClN3O2S2. The lowest BCUT2D eigenvalue weighted by molar-refractivity contribution is 0.570. The predicted octanol–water partition coefficient (Wildman–Crippen LogP) is 2.34. The molecule has 0 amide bonds. The first kappa shape index (κ1) is 12.5. The second-order valence-electron chi connectivity index (χ2n) is 3.41. The maximum Gasteiger partial charge on any atom is 0.296 e. The SMILES string of the molecule is CCCn1c(-c2ccsc2)nnc1S(=O)(=O)Cl. The minimum atomic E-state index is -3.86. The topological polar surface area (TPSA) is 64.8 Å². The van der Waals surface area contributed by atoms with E-state index in [2.05, 4.69) is 10.2 Å². The van der Waals surface area contributed by atoms with Crippen molar-refractivity contribution in [3.63, 3.8) is 0 Å². The van der Waals surface area contributed by atoms with Crippen molar-refractivity contribution in [3.05, 3.63) is 16.8 Å². The molecule has 0 radical (unpaired) electrons. The van der Waals surface area contributed by atoms with E-state index in [1.54, 1.807) is 0 Å². The molecule has 0 aliphatic heterocycles. The third kappa shape index (κ3) is 2.51. The van der Waals surface area contributed by atoms with Crippen LogP contribution < -0.4 is 0 Å². The predicted molar refractivity (Wildman–Crippen MR) is 66.7 cm³/mol. The van der Waals surface area contributed by atoms with E-state index in [1.165, 1.54) is 15.9 Å². The number of thiophene rings is 1. The van der Waals surface area contributed by atoms with Gasteiger partial charge in [0.2, 0.25) is 0 Å². The first-order chi connectivity index (χ1) is 8.04. The first-order valence-corrected chi connectivity index (χ1v) is 8.19. The van der Waals surface area contributed by atoms with Crippen LogP contribution in [0.3, 0.4) is 0 Å². The summed E-state index contributed by atoms with van der Waals surface area (Å²) >= 11 is 1.51. The molecule has 2 rings (SSSR count). The van der Waals surface area contributed by atoms with Crippen LogP contribution in [-0.4, -0.2) is 23.2 Å². The Balaban J connectivity index is 2.59. The molecule has 5 nitrogen and oxygen atoms in total. The number of halogens is 1. The summed E-state index contributed by atoms with van der Waals surface area (Å²) in [5.74, 6) is 0.535. The fraction of sp³-hybridized carbons (Fsp3) is 0.333. The molecule has 0 N–H and O–H groups in total. The van der Waals surface area contributed by atoms with Gasteiger partial charge in [-0.1, -0.05) is 6.92 Å². The van der Waals surface area contributed by atoms with Gasteiger partial charge >= 0.3 is 0 Å². The molecule has 2 aromatic rings. The highest BCUT2D eigenvalue weighted by atomic mass is 35.7. The van der Waals surface area contributed by atoms with E-state index < -0.39 is 9.05 Å². The summed E-state index contributed by atoms with van der Waals surface area (Å²) in [6.45, 7) is 2.46. The molecule has 0 atom stereocenters. The zero-order chi connectivity index (χ0) is 12.5. The van der Waals surface area contributed by atoms with Gasteiger partial charge in [0.15, 0.2) is 5.82 Å². The summed E-state index contributed by atoms with van der Waals surface area (Å²) in [5, 5.41) is 11.2. The smallest absolute Gasteiger partial charge is 0.296 e. The second-order valence-corrected chi connectivity index (χ2v) is 6.65. The van der Waals surface area contributed by atoms with Gasteiger partial charge in [0.1, 0.15) is 0 Å². The fourth-order valence-corrected chi connectivity index (χ4v) is 3.06. The molecule has 0 aliphatic rings. The van der Waals surface area contributed by atoms with Crippen molar-refractivity contribution in [1.82, 2.24) is 14.8 Å². The standard InChI is InChI=1S/C9H10ClN3O2S2/c1-2-4-13-8(7-3-5-16-6-7)11-12-9(13)17(10,14)15/h3,5-6H,2,4H2,1H3. The van der Waals surface area contributed by atoms with E-state index in [9.17, 15) is 8.42 Å². The average molecular weight is 292 g/mol. The van der Waals surface area contributed by atoms with Gasteiger partial charge in [-0.15, -0.1) is 10.2 Å². The van der Waals surface area contributed by atoms with Crippen molar-refractivity contribution >= 4 is 31.1 Å². The highest BCUT2D eigenvalue weighted by Crippen LogP contribution is 2.24. The van der Waals surface area contributed by atoms with Gasteiger partial charge in [-0.3, -0.25) is 4.57 Å². The summed E-state index contributed by atoms with van der Waals surface area (Å²) in [6.07, 6.45) is 0.772. The summed E-state index contributed by atoms with van der Waals surface area (Å²) < 4.78 is 24.2. The van der Waals surface area contributed by atoms with Gasteiger partial charge in [0, 0.05) is 28.2 Å². The van der Waals surface area contributed by atoms with Crippen LogP contribution in [0.1, 0.15) is 13.3 Å². The van der Waals surface area contributed by atoms with Crippen molar-refractivity contribution in [2.24, 2.45) is 0 Å². The maximum atomic E-state index is 11.4. The maximum absolute atomic E-state index is 11.4. The Kier molecular flexibility index (Phi) is 3.50. The van der Waals surface area contributed by atoms with Gasteiger partial charge in [-0.25, -0.2) is 8.42 Å². The van der Waals surface area contributed by atoms with E-state index in [4.69, 9.17) is 10.7 Å². The Hall–Kier alpha value is -0.920. The third-order valence-electron chi connectivity index (χ3n) is 2.16. The lowest BCUT2D eigenvalue weighted by Crippen LogP contribution is -2.07. The summed E-state index contributed by atoms with van der Waals surface area (Å²) in [4.78, 5) is 0. The summed E-state index contributed by atoms with van der Waals surface area (Å²) in [7, 11) is 1.46. The largest absolute Gasteiger partial charge is 0.297 e. The Bertz CT molecular complexity index is 604. The Morgan fingerprint density at radius 1 is 1.47 bits per heavy atom. The van der Waals surface area contributed by atoms with Crippen molar-refractivity contribution in [3.8, 4) is 11.4 Å². The molecule has 0 unspecified atom stereocenters. The van der Waals surface area contributed by atoms with E-state index in [1.807, 2.05) is 23.8 Å². The molecule has 0 bridgehead atoms. The van der Waals surface area contributed by atoms with E-state index in [0.717, 1.165) is 12.0 Å². The van der Waals surface area contributed by atoms with Crippen LogP contribution in [0.5, 0.6) is 0 Å². The van der Waals surface area contributed by atoms with Gasteiger partial charge in [-0.2, -0.15) is 11.3 Å². The molecule has 2 aromatic heterocycles. The Morgan fingerprint density at radius 3 is 2.76 bits per heavy atom. The molecule has 0 saturated heterocycles. The highest BCUT2D eigenvalue weighted by molar-refractivity contribution is 8.13. The van der Waals surface area contributed by atoms with Crippen molar-refractivity contribution < 1.29 is 8.42 Å². The average Bonchev–Trinajstić information content (AvgIpc) is 2.82. The molecule has 0 spiro atoms. The van der Waals surface area contributed by atoms with Crippen LogP contribution in [0.15, 0.2) is 22.0 Å². The first-order valence-electron chi connectivity index (χ1n) is 4.94. The number of nitrogens with zero attached hydrogens (tertiary/aromatic N) is 3. The van der Waals surface area contributed by atoms with Crippen LogP contribution in [-0.2, 0) is 15.6 Å². The normalized spacial score (nSPS) is 11.9. The number of hydrogen-bond donors (Lipinski definition) is 0. The molecule has 0 aliphatic carbocycles. The molecule has 8 heteroatoms. The van der Waals surface area contributed by atoms with Crippen LogP contribution in [0.2, 0.25) is 0 Å². The number of hydrogen-bond acceptors (Lipinski definition) is 5. The van der Waals surface area contributed by atoms with Gasteiger partial charge in [0.05, 0.1) is 0 Å². The van der Waals surface area contributed by atoms with Crippen LogP contribution in [0.25, 0.3) is 11.4 Å². The molecular weight excluding hydrogens is 282 g/mol. The molecule has 0 aromatic carbocycles. The van der Waals surface area contributed by atoms with Crippen LogP contribution in [0.4, 0.5) is 0 Å². The molecule has 0 fully saturated rings. The zero-order valence-electron chi connectivity index (χ0n) is 9.00. The highest BCUT2D eigenvalue weighted by Gasteiger charge is 2.22. The fourth-order valence-electron chi connectivity index (χ4n) is 1.50. The number of rotatable bonds is 4. The Labute approximate surface area is 107 Å². The monoisotopic (exact) mass is 291 g/mol. The zero-order valence-corrected chi connectivity index (χ0v) is 11.4. The molecule has 2 heterocycles. The van der Waals surface area contributed by atoms with Crippen LogP contribution in [0, 0.1) is 0 Å². The van der Waals surface area contributed by atoms with Gasteiger partial charge in [0.25, 0.3) is 14.2 Å². The summed E-state index contributed by atoms with van der Waals surface area (Å²) in [6, 6.07) is 1.87. The van der Waals surface area contributed by atoms with E-state index in [-0.39, 0.29) is 5.16 Å². The van der Waals surface area contributed by atoms with Gasteiger partial charge < -0.3 is 0 Å². The third-order valence-corrected chi connectivity index (χ3v) is 4.00. The van der Waals surface area contributed by atoms with Crippen molar-refractivity contribution in [2.75, 3.05) is 0 Å². The van der Waals surface area contributed by atoms with Crippen molar-refractivity contribution in [1.29, 1.82) is 0 Å². The van der Waals surface area contributed by atoms with Gasteiger partial charge in [-0.05, 0) is 17.9 Å². The van der Waals surface area contributed by atoms with Crippen LogP contribution >= 0.6 is 22.0 Å². The minimum absolute atomic E-state index is 0.192. The lowest BCUT2D eigenvalue weighted by atomic mass is 10.3. The Morgan fingerprint density at radius 2 is 2.24 bits per heavy atom. The van der Waals surface area contributed by atoms with E-state index in [0.29, 0.717) is 12.4 Å². The summed E-state index contributed by atoms with van der Waals surface area (Å²) in [5.41, 5.74) is 0.850. The van der Waals surface area contributed by atoms with Crippen molar-refractivity contribution in [2.45, 2.75) is 25.0 Å². The van der Waals surface area contributed by atoms with E-state index >= 15 is 0 Å². The minimum Gasteiger partial charge on any atom is -0.297 e. The quantitative estimate of drug-likeness (QED) is 0.811. The lowest BCUT2D eigenvalue weighted by Gasteiger charge is -2.05. The number of aromatic nitrogens is 3. The molecule has 92 valence electrons. The second kappa shape index (κ2) is 4.75. The molecule has 0 saturated carbocycles. The molecule has 17 heavy (non-hydrogen) atoms.